The van der Waals surface area contributed by atoms with Crippen LogP contribution in [0, 0.1) is 12.8 Å². The lowest BCUT2D eigenvalue weighted by Gasteiger charge is -2.34. The van der Waals surface area contributed by atoms with Crippen molar-refractivity contribution in [1.82, 2.24) is 20.5 Å². The van der Waals surface area contributed by atoms with Gasteiger partial charge < -0.3 is 15.5 Å². The van der Waals surface area contributed by atoms with Gasteiger partial charge in [-0.3, -0.25) is 14.8 Å². The van der Waals surface area contributed by atoms with Gasteiger partial charge in [-0.15, -0.1) is 24.0 Å². The first-order chi connectivity index (χ1) is 12.1. The number of hydrogen-bond donors (Lipinski definition) is 2. The Balaban J connectivity index is 0.00000338. The summed E-state index contributed by atoms with van der Waals surface area (Å²) in [7, 11) is 1.71. The molecule has 0 unspecified atom stereocenters. The molecule has 0 aromatic carbocycles. The van der Waals surface area contributed by atoms with Crippen molar-refractivity contribution in [1.29, 1.82) is 0 Å². The average molecular weight is 473 g/mol. The van der Waals surface area contributed by atoms with Crippen molar-refractivity contribution < 1.29 is 4.79 Å². The third kappa shape index (κ3) is 7.47. The molecule has 7 heteroatoms. The van der Waals surface area contributed by atoms with Crippen molar-refractivity contribution >= 4 is 35.8 Å². The predicted octanol–water partition coefficient (Wildman–Crippen LogP) is 2.36. The Morgan fingerprint density at radius 2 is 2.08 bits per heavy atom. The second-order valence-corrected chi connectivity index (χ2v) is 6.60. The Morgan fingerprint density at radius 3 is 2.65 bits per heavy atom. The van der Waals surface area contributed by atoms with Gasteiger partial charge in [-0.2, -0.15) is 0 Å². The van der Waals surface area contributed by atoms with Crippen LogP contribution in [0.3, 0.4) is 0 Å². The van der Waals surface area contributed by atoms with Gasteiger partial charge in [-0.1, -0.05) is 6.07 Å². The normalized spacial score (nSPS) is 15.3. The van der Waals surface area contributed by atoms with Crippen LogP contribution in [-0.4, -0.2) is 55.0 Å². The number of nitrogens with one attached hydrogen (secondary N) is 2. The maximum absolute atomic E-state index is 11.5. The van der Waals surface area contributed by atoms with E-state index in [0.717, 1.165) is 57.1 Å². The smallest absolute Gasteiger partial charge is 0.220 e. The third-order valence-corrected chi connectivity index (χ3v) is 4.64. The van der Waals surface area contributed by atoms with E-state index < -0.39 is 0 Å². The number of aryl methyl sites for hydroxylation is 1. The Morgan fingerprint density at radius 1 is 1.35 bits per heavy atom. The van der Waals surface area contributed by atoms with E-state index in [1.54, 1.807) is 7.05 Å². The van der Waals surface area contributed by atoms with Crippen molar-refractivity contribution in [2.45, 2.75) is 39.5 Å². The summed E-state index contributed by atoms with van der Waals surface area (Å²) in [5, 5.41) is 6.12. The molecule has 0 bridgehead atoms. The highest BCUT2D eigenvalue weighted by atomic mass is 127. The summed E-state index contributed by atoms with van der Waals surface area (Å²) in [4.78, 5) is 23.0. The lowest BCUT2D eigenvalue weighted by atomic mass is 9.93. The maximum Gasteiger partial charge on any atom is 0.220 e. The molecule has 26 heavy (non-hydrogen) atoms. The van der Waals surface area contributed by atoms with Crippen molar-refractivity contribution in [2.24, 2.45) is 10.9 Å². The number of pyridine rings is 1. The highest BCUT2D eigenvalue weighted by molar-refractivity contribution is 14.0. The van der Waals surface area contributed by atoms with Crippen LogP contribution in [0.15, 0.2) is 23.3 Å². The Kier molecular flexibility index (Phi) is 10.5. The number of aromatic nitrogens is 1. The fourth-order valence-electron chi connectivity index (χ4n) is 3.08. The van der Waals surface area contributed by atoms with E-state index in [2.05, 4.69) is 33.5 Å². The zero-order valence-electron chi connectivity index (χ0n) is 16.1. The van der Waals surface area contributed by atoms with E-state index in [4.69, 9.17) is 4.99 Å². The SMILES string of the molecule is CCNC(=NCCc1ccc(C)nc1)N1CCC(CC(=O)NC)CC1.I. The molecule has 1 aromatic rings. The van der Waals surface area contributed by atoms with Gasteiger partial charge in [0, 0.05) is 51.5 Å². The second kappa shape index (κ2) is 12.1. The first-order valence-corrected chi connectivity index (χ1v) is 9.27. The van der Waals surface area contributed by atoms with Crippen molar-refractivity contribution in [2.75, 3.05) is 33.2 Å². The molecule has 0 saturated carbocycles. The topological polar surface area (TPSA) is 69.6 Å². The van der Waals surface area contributed by atoms with Gasteiger partial charge in [-0.05, 0) is 50.7 Å². The molecule has 1 saturated heterocycles. The zero-order valence-corrected chi connectivity index (χ0v) is 18.5. The van der Waals surface area contributed by atoms with E-state index in [-0.39, 0.29) is 29.9 Å². The number of halogens is 1. The van der Waals surface area contributed by atoms with Crippen LogP contribution in [0.4, 0.5) is 0 Å². The van der Waals surface area contributed by atoms with Crippen LogP contribution < -0.4 is 10.6 Å². The molecule has 1 fully saturated rings. The van der Waals surface area contributed by atoms with Gasteiger partial charge in [0.25, 0.3) is 0 Å². The molecule has 1 aromatic heterocycles. The van der Waals surface area contributed by atoms with Crippen LogP contribution >= 0.6 is 24.0 Å². The number of guanidine groups is 1. The number of rotatable bonds is 6. The Bertz CT molecular complexity index is 568. The molecular formula is C19H32IN5O. The summed E-state index contributed by atoms with van der Waals surface area (Å²) in [5.74, 6) is 1.62. The molecule has 0 atom stereocenters. The predicted molar refractivity (Wildman–Crippen MR) is 117 cm³/mol. The lowest BCUT2D eigenvalue weighted by molar-refractivity contribution is -0.121. The molecule has 2 N–H and O–H groups in total. The summed E-state index contributed by atoms with van der Waals surface area (Å²) in [6.45, 7) is 7.63. The summed E-state index contributed by atoms with van der Waals surface area (Å²) in [6, 6.07) is 4.16. The van der Waals surface area contributed by atoms with Crippen molar-refractivity contribution in [3.8, 4) is 0 Å². The molecule has 2 rings (SSSR count). The van der Waals surface area contributed by atoms with E-state index in [1.807, 2.05) is 19.2 Å². The van der Waals surface area contributed by atoms with Gasteiger partial charge >= 0.3 is 0 Å². The minimum absolute atomic E-state index is 0. The zero-order chi connectivity index (χ0) is 18.1. The highest BCUT2D eigenvalue weighted by Crippen LogP contribution is 2.20. The molecule has 6 nitrogen and oxygen atoms in total. The fraction of sp³-hybridized carbons (Fsp3) is 0.632. The Labute approximate surface area is 174 Å². The van der Waals surface area contributed by atoms with Gasteiger partial charge in [0.2, 0.25) is 5.91 Å². The second-order valence-electron chi connectivity index (χ2n) is 6.60. The molecule has 1 aliphatic rings. The van der Waals surface area contributed by atoms with Crippen LogP contribution in [0.1, 0.15) is 37.4 Å². The van der Waals surface area contributed by atoms with Crippen LogP contribution in [0.25, 0.3) is 0 Å². The van der Waals surface area contributed by atoms with Gasteiger partial charge in [0.15, 0.2) is 5.96 Å². The number of piperidine rings is 1. The van der Waals surface area contributed by atoms with E-state index in [9.17, 15) is 4.79 Å². The molecule has 2 heterocycles. The first-order valence-electron chi connectivity index (χ1n) is 9.27. The number of carbonyl (C=O) groups is 1. The number of likely N-dealkylation sites (tertiary alicyclic amines) is 1. The number of amides is 1. The summed E-state index contributed by atoms with van der Waals surface area (Å²) >= 11 is 0. The largest absolute Gasteiger partial charge is 0.359 e. The van der Waals surface area contributed by atoms with Crippen LogP contribution in [0.5, 0.6) is 0 Å². The monoisotopic (exact) mass is 473 g/mol. The molecule has 146 valence electrons. The number of nitrogens with zero attached hydrogens (tertiary/aromatic N) is 3. The van der Waals surface area contributed by atoms with Crippen molar-refractivity contribution in [3.63, 3.8) is 0 Å². The van der Waals surface area contributed by atoms with Gasteiger partial charge in [0.1, 0.15) is 0 Å². The van der Waals surface area contributed by atoms with Crippen LogP contribution in [-0.2, 0) is 11.2 Å². The maximum atomic E-state index is 11.5. The fourth-order valence-corrected chi connectivity index (χ4v) is 3.08. The van der Waals surface area contributed by atoms with Crippen molar-refractivity contribution in [3.05, 3.63) is 29.6 Å². The number of aliphatic imine (C=N–C) groups is 1. The number of hydrogen-bond acceptors (Lipinski definition) is 3. The number of carbonyl (C=O) groups excluding carboxylic acids is 1. The minimum atomic E-state index is 0. The molecule has 0 radical (unpaired) electrons. The molecule has 0 aliphatic carbocycles. The molecule has 0 spiro atoms. The summed E-state index contributed by atoms with van der Waals surface area (Å²) < 4.78 is 0. The standard InChI is InChI=1S/C19H31N5O.HI/c1-4-21-19(22-10-7-17-6-5-15(2)23-14-17)24-11-8-16(9-12-24)13-18(25)20-3;/h5-6,14,16H,4,7-13H2,1-3H3,(H,20,25)(H,21,22);1H. The minimum Gasteiger partial charge on any atom is -0.359 e. The van der Waals surface area contributed by atoms with Gasteiger partial charge in [0.05, 0.1) is 0 Å². The van der Waals surface area contributed by atoms with E-state index >= 15 is 0 Å². The summed E-state index contributed by atoms with van der Waals surface area (Å²) in [6.07, 6.45) is 5.55. The van der Waals surface area contributed by atoms with Gasteiger partial charge in [-0.25, -0.2) is 0 Å². The van der Waals surface area contributed by atoms with Crippen LogP contribution in [0.2, 0.25) is 0 Å². The Hall–Kier alpha value is -1.38. The van der Waals surface area contributed by atoms with E-state index in [0.29, 0.717) is 12.3 Å². The molecule has 1 aliphatic heterocycles. The average Bonchev–Trinajstić information content (AvgIpc) is 2.63. The molecule has 1 amide bonds. The third-order valence-electron chi connectivity index (χ3n) is 4.64. The quantitative estimate of drug-likeness (QED) is 0.378. The first kappa shape index (κ1) is 22.7. The lowest BCUT2D eigenvalue weighted by Crippen LogP contribution is -2.46. The molecular weight excluding hydrogens is 441 g/mol. The summed E-state index contributed by atoms with van der Waals surface area (Å²) in [5.41, 5.74) is 2.26. The highest BCUT2D eigenvalue weighted by Gasteiger charge is 2.22. The van der Waals surface area contributed by atoms with E-state index in [1.165, 1.54) is 5.56 Å².